The fourth-order valence-corrected chi connectivity index (χ4v) is 7.28. The van der Waals surface area contributed by atoms with Gasteiger partial charge in [-0.2, -0.15) is 13.2 Å². The number of carbonyl (C=O) groups is 2. The minimum absolute atomic E-state index is 0.000387. The van der Waals surface area contributed by atoms with Crippen LogP contribution in [0.3, 0.4) is 0 Å². The van der Waals surface area contributed by atoms with Gasteiger partial charge in [-0.15, -0.1) is 11.3 Å². The van der Waals surface area contributed by atoms with Gasteiger partial charge in [0, 0.05) is 60.0 Å². The van der Waals surface area contributed by atoms with Crippen molar-refractivity contribution in [2.75, 3.05) is 18.4 Å². The molecule has 2 N–H and O–H groups in total. The Balaban J connectivity index is 1.17. The average molecular weight is 693 g/mol. The number of anilines is 1. The van der Waals surface area contributed by atoms with Crippen LogP contribution in [0.1, 0.15) is 74.9 Å². The molecular weight excluding hydrogens is 660 g/mol. The summed E-state index contributed by atoms with van der Waals surface area (Å²) in [7, 11) is 0. The molecule has 3 aliphatic rings. The third-order valence-electron chi connectivity index (χ3n) is 9.15. The lowest BCUT2D eigenvalue weighted by Gasteiger charge is -2.26. The molecule has 3 aliphatic heterocycles. The molecule has 4 aromatic rings. The van der Waals surface area contributed by atoms with E-state index >= 15 is 0 Å². The number of hydrogen-bond acceptors (Lipinski definition) is 7. The molecule has 0 spiro atoms. The van der Waals surface area contributed by atoms with Crippen LogP contribution < -0.4 is 5.32 Å². The number of nitrogens with one attached hydrogen (secondary N) is 1. The highest BCUT2D eigenvalue weighted by Crippen LogP contribution is 2.41. The molecule has 3 unspecified atom stereocenters. The molecule has 3 atom stereocenters. The van der Waals surface area contributed by atoms with Gasteiger partial charge in [-0.1, -0.05) is 24.0 Å². The lowest BCUT2D eigenvalue weighted by Crippen LogP contribution is -2.38. The van der Waals surface area contributed by atoms with Gasteiger partial charge in [0.25, 0.3) is 11.8 Å². The molecule has 5 heterocycles. The second-order valence-corrected chi connectivity index (χ2v) is 13.4. The van der Waals surface area contributed by atoms with Crippen LogP contribution in [-0.4, -0.2) is 66.6 Å². The average Bonchev–Trinajstić information content (AvgIpc) is 3.83. The summed E-state index contributed by atoms with van der Waals surface area (Å²) in [5, 5.41) is 14.4. The second-order valence-electron chi connectivity index (χ2n) is 12.5. The Morgan fingerprint density at radius 1 is 1.10 bits per heavy atom. The first kappa shape index (κ1) is 32.9. The standard InChI is InChI=1S/C35H32F4N6O3S/c36-24-16-29-30(41-20-44(29)18-24)31(32(47)42-34-40-10-13-49-34)45-19-27-26(33(45)48)14-23(15-28(27)35(37,38)39)8-5-21-3-6-22(7-4-21)17-43-11-1-2-25(46)9-12-43/h3-4,6-7,10,13-15,20,24-25,31,46H,1-2,9,11-12,16-19H2,(H,40,42,47). The quantitative estimate of drug-likeness (QED) is 0.209. The predicted octanol–water partition coefficient (Wildman–Crippen LogP) is 5.34. The van der Waals surface area contributed by atoms with Gasteiger partial charge in [-0.05, 0) is 61.2 Å². The van der Waals surface area contributed by atoms with Crippen LogP contribution in [0.25, 0.3) is 0 Å². The number of thiazole rings is 1. The van der Waals surface area contributed by atoms with Gasteiger partial charge in [0.2, 0.25) is 0 Å². The normalized spacial score (nSPS) is 19.9. The van der Waals surface area contributed by atoms with Crippen LogP contribution in [0.2, 0.25) is 0 Å². The molecule has 7 rings (SSSR count). The van der Waals surface area contributed by atoms with Crippen molar-refractivity contribution in [3.63, 3.8) is 0 Å². The van der Waals surface area contributed by atoms with Gasteiger partial charge in [-0.3, -0.25) is 19.8 Å². The Bertz CT molecular complexity index is 1930. The lowest BCUT2D eigenvalue weighted by molar-refractivity contribution is -0.138. The van der Waals surface area contributed by atoms with Gasteiger partial charge in [0.05, 0.1) is 30.2 Å². The summed E-state index contributed by atoms with van der Waals surface area (Å²) in [4.78, 5) is 39.4. The van der Waals surface area contributed by atoms with Gasteiger partial charge in [-0.25, -0.2) is 14.4 Å². The van der Waals surface area contributed by atoms with Crippen LogP contribution in [0.5, 0.6) is 0 Å². The van der Waals surface area contributed by atoms with Crippen LogP contribution in [0.15, 0.2) is 54.3 Å². The van der Waals surface area contributed by atoms with Crippen molar-refractivity contribution in [3.8, 4) is 11.8 Å². The van der Waals surface area contributed by atoms with Crippen LogP contribution in [-0.2, 0) is 37.0 Å². The minimum atomic E-state index is -4.81. The maximum Gasteiger partial charge on any atom is 0.416 e. The van der Waals surface area contributed by atoms with Crippen molar-refractivity contribution in [2.24, 2.45) is 0 Å². The molecule has 1 saturated heterocycles. The van der Waals surface area contributed by atoms with Gasteiger partial charge in [0.1, 0.15) is 6.17 Å². The van der Waals surface area contributed by atoms with E-state index in [1.165, 1.54) is 18.6 Å². The highest BCUT2D eigenvalue weighted by Gasteiger charge is 2.45. The topological polar surface area (TPSA) is 104 Å². The van der Waals surface area contributed by atoms with E-state index in [1.54, 1.807) is 22.1 Å². The number of aromatic nitrogens is 3. The third kappa shape index (κ3) is 6.96. The lowest BCUT2D eigenvalue weighted by atomic mass is 9.99. The zero-order chi connectivity index (χ0) is 34.3. The molecule has 2 amide bonds. The SMILES string of the molecule is O=C(Nc1nccs1)C(c1ncn2c1CC(F)C2)N1Cc2c(cc(C#Cc3ccc(CN4CCCC(O)CC4)cc3)cc2C(F)(F)F)C1=O. The Kier molecular flexibility index (Phi) is 8.99. The number of fused-ring (bicyclic) bond motifs is 2. The highest BCUT2D eigenvalue weighted by atomic mass is 32.1. The monoisotopic (exact) mass is 692 g/mol. The summed E-state index contributed by atoms with van der Waals surface area (Å²) in [5.41, 5.74) is 0.693. The molecular formula is C35H32F4N6O3S. The Labute approximate surface area is 283 Å². The number of amides is 2. The molecule has 14 heteroatoms. The number of imidazole rings is 1. The maximum absolute atomic E-state index is 14.5. The molecule has 0 bridgehead atoms. The summed E-state index contributed by atoms with van der Waals surface area (Å²) in [6, 6.07) is 8.27. The van der Waals surface area contributed by atoms with E-state index in [0.717, 1.165) is 66.8 Å². The highest BCUT2D eigenvalue weighted by molar-refractivity contribution is 7.13. The van der Waals surface area contributed by atoms with Crippen molar-refractivity contribution >= 4 is 28.3 Å². The van der Waals surface area contributed by atoms with E-state index in [-0.39, 0.29) is 46.6 Å². The summed E-state index contributed by atoms with van der Waals surface area (Å²) in [6.45, 7) is 1.95. The maximum atomic E-state index is 14.5. The number of aliphatic hydroxyl groups is 1. The van der Waals surface area contributed by atoms with Crippen molar-refractivity contribution in [1.29, 1.82) is 0 Å². The molecule has 0 saturated carbocycles. The van der Waals surface area contributed by atoms with Crippen molar-refractivity contribution in [1.82, 2.24) is 24.3 Å². The van der Waals surface area contributed by atoms with Crippen molar-refractivity contribution in [3.05, 3.63) is 99.1 Å². The number of rotatable bonds is 6. The number of aliphatic hydroxyl groups excluding tert-OH is 1. The largest absolute Gasteiger partial charge is 0.416 e. The third-order valence-corrected chi connectivity index (χ3v) is 9.83. The Morgan fingerprint density at radius 3 is 2.65 bits per heavy atom. The first-order valence-corrected chi connectivity index (χ1v) is 16.9. The van der Waals surface area contributed by atoms with Crippen LogP contribution >= 0.6 is 11.3 Å². The van der Waals surface area contributed by atoms with E-state index in [9.17, 15) is 32.3 Å². The summed E-state index contributed by atoms with van der Waals surface area (Å²) in [5.74, 6) is 4.21. The molecule has 9 nitrogen and oxygen atoms in total. The summed E-state index contributed by atoms with van der Waals surface area (Å²) >= 11 is 1.14. The van der Waals surface area contributed by atoms with E-state index < -0.39 is 42.3 Å². The fraction of sp³-hybridized carbons (Fsp3) is 0.371. The number of halogens is 4. The van der Waals surface area contributed by atoms with Crippen molar-refractivity contribution < 1.29 is 32.3 Å². The zero-order valence-electron chi connectivity index (χ0n) is 26.2. The van der Waals surface area contributed by atoms with Gasteiger partial charge in [0.15, 0.2) is 11.2 Å². The summed E-state index contributed by atoms with van der Waals surface area (Å²) < 4.78 is 59.4. The smallest absolute Gasteiger partial charge is 0.393 e. The van der Waals surface area contributed by atoms with E-state index in [1.807, 2.05) is 12.1 Å². The zero-order valence-corrected chi connectivity index (χ0v) is 27.0. The van der Waals surface area contributed by atoms with E-state index in [2.05, 4.69) is 32.0 Å². The number of hydrogen-bond donors (Lipinski definition) is 2. The molecule has 49 heavy (non-hydrogen) atoms. The van der Waals surface area contributed by atoms with Crippen molar-refractivity contribution in [2.45, 2.75) is 69.8 Å². The summed E-state index contributed by atoms with van der Waals surface area (Å²) in [6.07, 6.45) is -1.02. The number of nitrogens with zero attached hydrogens (tertiary/aromatic N) is 5. The molecule has 2 aromatic heterocycles. The van der Waals surface area contributed by atoms with E-state index in [4.69, 9.17) is 0 Å². The minimum Gasteiger partial charge on any atom is -0.393 e. The number of benzene rings is 2. The molecule has 0 radical (unpaired) electrons. The van der Waals surface area contributed by atoms with E-state index in [0.29, 0.717) is 11.3 Å². The molecule has 0 aliphatic carbocycles. The second kappa shape index (κ2) is 13.4. The fourth-order valence-electron chi connectivity index (χ4n) is 6.75. The number of carbonyl (C=O) groups excluding carboxylic acids is 2. The Morgan fingerprint density at radius 2 is 1.90 bits per heavy atom. The van der Waals surface area contributed by atoms with Crippen LogP contribution in [0, 0.1) is 11.8 Å². The van der Waals surface area contributed by atoms with Gasteiger partial charge >= 0.3 is 6.18 Å². The molecule has 254 valence electrons. The number of likely N-dealkylation sites (tertiary alicyclic amines) is 1. The molecule has 1 fully saturated rings. The first-order chi connectivity index (χ1) is 23.5. The van der Waals surface area contributed by atoms with Crippen LogP contribution in [0.4, 0.5) is 22.7 Å². The van der Waals surface area contributed by atoms with Gasteiger partial charge < -0.3 is 14.6 Å². The first-order valence-electron chi connectivity index (χ1n) is 16.0. The molecule has 2 aromatic carbocycles. The predicted molar refractivity (Wildman–Crippen MR) is 173 cm³/mol. The Hall–Kier alpha value is -4.58. The number of alkyl halides is 4.